The second kappa shape index (κ2) is 6.65. The summed E-state index contributed by atoms with van der Waals surface area (Å²) in [5.74, 6) is -0.784. The molecule has 114 valence electrons. The van der Waals surface area contributed by atoms with Crippen molar-refractivity contribution < 1.29 is 9.18 Å². The van der Waals surface area contributed by atoms with Crippen LogP contribution in [-0.4, -0.2) is 22.3 Å². The van der Waals surface area contributed by atoms with Crippen LogP contribution in [-0.2, 0) is 0 Å². The molecule has 3 aromatic rings. The van der Waals surface area contributed by atoms with Crippen molar-refractivity contribution in [1.82, 2.24) is 15.6 Å². The number of aromatic amines is 1. The van der Waals surface area contributed by atoms with Gasteiger partial charge in [0.15, 0.2) is 0 Å². The SMILES string of the molecule is O=C(N/N=C/c1cccc(F)c1)c1cc(-c2ccccc2)n[nH]1. The number of hydrogen-bond donors (Lipinski definition) is 2. The number of aromatic nitrogens is 2. The summed E-state index contributed by atoms with van der Waals surface area (Å²) in [6.45, 7) is 0. The highest BCUT2D eigenvalue weighted by atomic mass is 19.1. The number of rotatable bonds is 4. The van der Waals surface area contributed by atoms with Gasteiger partial charge in [-0.05, 0) is 23.8 Å². The van der Waals surface area contributed by atoms with E-state index in [9.17, 15) is 9.18 Å². The summed E-state index contributed by atoms with van der Waals surface area (Å²) in [5, 5.41) is 10.6. The zero-order valence-corrected chi connectivity index (χ0v) is 12.0. The Morgan fingerprint density at radius 3 is 2.74 bits per heavy atom. The first-order valence-corrected chi connectivity index (χ1v) is 6.92. The summed E-state index contributed by atoms with van der Waals surface area (Å²) in [4.78, 5) is 12.0. The Morgan fingerprint density at radius 1 is 1.13 bits per heavy atom. The molecule has 0 aliphatic carbocycles. The van der Waals surface area contributed by atoms with Crippen LogP contribution in [0.1, 0.15) is 16.1 Å². The molecule has 0 unspecified atom stereocenters. The molecular weight excluding hydrogens is 295 g/mol. The Morgan fingerprint density at radius 2 is 1.96 bits per heavy atom. The number of halogens is 1. The number of nitrogens with zero attached hydrogens (tertiary/aromatic N) is 2. The van der Waals surface area contributed by atoms with Gasteiger partial charge >= 0.3 is 0 Å². The van der Waals surface area contributed by atoms with E-state index in [4.69, 9.17) is 0 Å². The van der Waals surface area contributed by atoms with Gasteiger partial charge in [0, 0.05) is 5.56 Å². The van der Waals surface area contributed by atoms with Gasteiger partial charge in [0.25, 0.3) is 5.91 Å². The quantitative estimate of drug-likeness (QED) is 0.574. The third-order valence-electron chi connectivity index (χ3n) is 3.12. The number of hydrogen-bond acceptors (Lipinski definition) is 3. The minimum absolute atomic E-state index is 0.292. The zero-order valence-electron chi connectivity index (χ0n) is 12.0. The monoisotopic (exact) mass is 308 g/mol. The Balaban J connectivity index is 1.66. The molecule has 0 spiro atoms. The summed E-state index contributed by atoms with van der Waals surface area (Å²) >= 11 is 0. The summed E-state index contributed by atoms with van der Waals surface area (Å²) in [7, 11) is 0. The molecule has 23 heavy (non-hydrogen) atoms. The molecule has 1 heterocycles. The fraction of sp³-hybridized carbons (Fsp3) is 0. The van der Waals surface area contributed by atoms with Crippen LogP contribution in [0.15, 0.2) is 65.8 Å². The molecule has 0 radical (unpaired) electrons. The number of amides is 1. The lowest BCUT2D eigenvalue weighted by Gasteiger charge is -1.96. The molecule has 1 aromatic heterocycles. The van der Waals surface area contributed by atoms with E-state index in [1.165, 1.54) is 18.3 Å². The van der Waals surface area contributed by atoms with E-state index in [0.29, 0.717) is 17.0 Å². The molecule has 1 amide bonds. The third-order valence-corrected chi connectivity index (χ3v) is 3.12. The van der Waals surface area contributed by atoms with Crippen LogP contribution in [0, 0.1) is 5.82 Å². The van der Waals surface area contributed by atoms with Crippen molar-refractivity contribution >= 4 is 12.1 Å². The van der Waals surface area contributed by atoms with Crippen molar-refractivity contribution in [2.75, 3.05) is 0 Å². The van der Waals surface area contributed by atoms with Crippen LogP contribution in [0.25, 0.3) is 11.3 Å². The van der Waals surface area contributed by atoms with Crippen molar-refractivity contribution in [3.8, 4) is 11.3 Å². The minimum Gasteiger partial charge on any atom is -0.272 e. The summed E-state index contributed by atoms with van der Waals surface area (Å²) in [6.07, 6.45) is 1.37. The lowest BCUT2D eigenvalue weighted by molar-refractivity contribution is 0.0950. The average Bonchev–Trinajstić information content (AvgIpc) is 3.06. The topological polar surface area (TPSA) is 70.1 Å². The molecule has 0 saturated heterocycles. The highest BCUT2D eigenvalue weighted by molar-refractivity contribution is 5.94. The number of nitrogens with one attached hydrogen (secondary N) is 2. The van der Waals surface area contributed by atoms with E-state index < -0.39 is 5.91 Å². The highest BCUT2D eigenvalue weighted by Crippen LogP contribution is 2.16. The lowest BCUT2D eigenvalue weighted by atomic mass is 10.1. The smallest absolute Gasteiger partial charge is 0.272 e. The second-order valence-electron chi connectivity index (χ2n) is 4.79. The van der Waals surface area contributed by atoms with Crippen LogP contribution < -0.4 is 5.43 Å². The molecule has 3 rings (SSSR count). The summed E-state index contributed by atoms with van der Waals surface area (Å²) in [5.41, 5.74) is 4.80. The lowest BCUT2D eigenvalue weighted by Crippen LogP contribution is -2.18. The van der Waals surface area contributed by atoms with Gasteiger partial charge in [-0.25, -0.2) is 9.82 Å². The van der Waals surface area contributed by atoms with Gasteiger partial charge < -0.3 is 0 Å². The van der Waals surface area contributed by atoms with E-state index in [-0.39, 0.29) is 5.82 Å². The predicted molar refractivity (Wildman–Crippen MR) is 85.5 cm³/mol. The van der Waals surface area contributed by atoms with Crippen LogP contribution in [0.2, 0.25) is 0 Å². The van der Waals surface area contributed by atoms with Crippen LogP contribution in [0.5, 0.6) is 0 Å². The van der Waals surface area contributed by atoms with Gasteiger partial charge in [-0.2, -0.15) is 10.2 Å². The molecule has 5 nitrogen and oxygen atoms in total. The van der Waals surface area contributed by atoms with E-state index in [1.807, 2.05) is 30.3 Å². The zero-order chi connectivity index (χ0) is 16.1. The number of H-pyrrole nitrogens is 1. The number of carbonyl (C=O) groups excluding carboxylic acids is 1. The standard InChI is InChI=1S/C17H13FN4O/c18-14-8-4-5-12(9-14)11-19-22-17(23)16-10-15(20-21-16)13-6-2-1-3-7-13/h1-11H,(H,20,21)(H,22,23)/b19-11+. The van der Waals surface area contributed by atoms with Crippen LogP contribution in [0.3, 0.4) is 0 Å². The molecule has 0 aliphatic heterocycles. The highest BCUT2D eigenvalue weighted by Gasteiger charge is 2.09. The molecule has 2 aromatic carbocycles. The molecule has 0 bridgehead atoms. The molecule has 0 aliphatic rings. The maximum atomic E-state index is 13.0. The first kappa shape index (κ1) is 14.6. The maximum Gasteiger partial charge on any atom is 0.289 e. The van der Waals surface area contributed by atoms with E-state index >= 15 is 0 Å². The number of carbonyl (C=O) groups is 1. The van der Waals surface area contributed by atoms with Gasteiger partial charge in [0.2, 0.25) is 0 Å². The predicted octanol–water partition coefficient (Wildman–Crippen LogP) is 2.98. The largest absolute Gasteiger partial charge is 0.289 e. The van der Waals surface area contributed by atoms with Gasteiger partial charge in [0.1, 0.15) is 11.5 Å². The Labute approximate surface area is 131 Å². The number of benzene rings is 2. The van der Waals surface area contributed by atoms with Crippen molar-refractivity contribution in [3.05, 3.63) is 77.7 Å². The maximum absolute atomic E-state index is 13.0. The summed E-state index contributed by atoms with van der Waals surface area (Å²) in [6, 6.07) is 17.1. The normalized spacial score (nSPS) is 10.8. The summed E-state index contributed by atoms with van der Waals surface area (Å²) < 4.78 is 13.0. The first-order valence-electron chi connectivity index (χ1n) is 6.92. The van der Waals surface area contributed by atoms with E-state index in [2.05, 4.69) is 20.7 Å². The van der Waals surface area contributed by atoms with E-state index in [0.717, 1.165) is 5.56 Å². The van der Waals surface area contributed by atoms with Gasteiger partial charge in [0.05, 0.1) is 11.9 Å². The minimum atomic E-state index is -0.424. The second-order valence-corrected chi connectivity index (χ2v) is 4.79. The van der Waals surface area contributed by atoms with Crippen LogP contribution >= 0.6 is 0 Å². The first-order chi connectivity index (χ1) is 11.2. The Hall–Kier alpha value is -3.28. The van der Waals surface area contributed by atoms with Gasteiger partial charge in [-0.3, -0.25) is 9.89 Å². The van der Waals surface area contributed by atoms with E-state index in [1.54, 1.807) is 18.2 Å². The number of hydrazone groups is 1. The fourth-order valence-corrected chi connectivity index (χ4v) is 2.01. The molecule has 2 N–H and O–H groups in total. The van der Waals surface area contributed by atoms with Crippen molar-refractivity contribution in [2.45, 2.75) is 0 Å². The van der Waals surface area contributed by atoms with Crippen molar-refractivity contribution in [3.63, 3.8) is 0 Å². The van der Waals surface area contributed by atoms with Gasteiger partial charge in [-0.15, -0.1) is 0 Å². The molecule has 0 fully saturated rings. The molecule has 0 saturated carbocycles. The Bertz CT molecular complexity index is 843. The molecule has 6 heteroatoms. The van der Waals surface area contributed by atoms with Crippen molar-refractivity contribution in [2.24, 2.45) is 5.10 Å². The fourth-order valence-electron chi connectivity index (χ4n) is 2.01. The Kier molecular flexibility index (Phi) is 4.24. The van der Waals surface area contributed by atoms with Gasteiger partial charge in [-0.1, -0.05) is 42.5 Å². The van der Waals surface area contributed by atoms with Crippen LogP contribution in [0.4, 0.5) is 4.39 Å². The molecule has 0 atom stereocenters. The van der Waals surface area contributed by atoms with Crippen molar-refractivity contribution in [1.29, 1.82) is 0 Å². The molecular formula is C17H13FN4O. The average molecular weight is 308 g/mol. The third kappa shape index (κ3) is 3.68.